The summed E-state index contributed by atoms with van der Waals surface area (Å²) in [5.41, 5.74) is 0.655. The van der Waals surface area contributed by atoms with Crippen LogP contribution in [0.5, 0.6) is 5.75 Å². The summed E-state index contributed by atoms with van der Waals surface area (Å²) in [6, 6.07) is 6.81. The first-order chi connectivity index (χ1) is 21.9. The lowest BCUT2D eigenvalue weighted by Gasteiger charge is -2.42. The van der Waals surface area contributed by atoms with Crippen molar-refractivity contribution in [1.29, 1.82) is 0 Å². The minimum atomic E-state index is -1.64. The van der Waals surface area contributed by atoms with Crippen LogP contribution in [0.3, 0.4) is 0 Å². The highest BCUT2D eigenvalue weighted by molar-refractivity contribution is 5.76. The molecule has 0 aromatic heterocycles. The number of aliphatic hydroxyl groups excluding tert-OH is 4. The van der Waals surface area contributed by atoms with Crippen molar-refractivity contribution in [2.45, 2.75) is 108 Å². The fraction of sp³-hybridized carbons (Fsp3) is 0.677. The summed E-state index contributed by atoms with van der Waals surface area (Å²) in [4.78, 5) is 25.7. The molecule has 1 aromatic carbocycles. The van der Waals surface area contributed by atoms with Crippen molar-refractivity contribution < 1.29 is 72.6 Å². The minimum absolute atomic E-state index is 0.126. The Morgan fingerprint density at radius 1 is 0.783 bits per heavy atom. The Labute approximate surface area is 267 Å². The van der Waals surface area contributed by atoms with Gasteiger partial charge in [0.15, 0.2) is 31.4 Å². The van der Waals surface area contributed by atoms with Crippen molar-refractivity contribution in [3.8, 4) is 18.1 Å². The summed E-state index contributed by atoms with van der Waals surface area (Å²) >= 11 is 0. The Balaban J connectivity index is 1.66. The third kappa shape index (κ3) is 10.1. The van der Waals surface area contributed by atoms with E-state index >= 15 is 0 Å². The van der Waals surface area contributed by atoms with Crippen LogP contribution in [0.4, 0.5) is 0 Å². The largest absolute Gasteiger partial charge is 0.497 e. The van der Waals surface area contributed by atoms with Crippen LogP contribution in [0, 0.1) is 12.3 Å². The normalized spacial score (nSPS) is 31.3. The standard InChI is InChI=1S/C31H44O15/c1-7-12-40-28(36)27-25(43-16(2)3)21(33)22(34)30(45-27)41-14-13-39-24-20(32)23(35)31(44-17(4)5)46-26(24)29(37)42-15-18-8-10-19(38-6)11-9-18/h1,8-11,16-17,20-27,30-35H,12-15H2,2-6H3/t20-,21-,22+,23+,24+,25+,26?,27?,30-,31-/m1/s1. The Bertz CT molecular complexity index is 1140. The predicted molar refractivity (Wildman–Crippen MR) is 156 cm³/mol. The fourth-order valence-electron chi connectivity index (χ4n) is 4.73. The molecule has 15 heteroatoms. The van der Waals surface area contributed by atoms with E-state index in [2.05, 4.69) is 5.92 Å². The summed E-state index contributed by atoms with van der Waals surface area (Å²) in [5.74, 6) is 0.965. The number of hydrogen-bond donors (Lipinski definition) is 4. The Morgan fingerprint density at radius 3 is 1.93 bits per heavy atom. The van der Waals surface area contributed by atoms with Crippen LogP contribution in [0.25, 0.3) is 0 Å². The van der Waals surface area contributed by atoms with Crippen molar-refractivity contribution in [3.05, 3.63) is 29.8 Å². The molecule has 1 aromatic rings. The third-order valence-electron chi connectivity index (χ3n) is 6.90. The molecule has 3 rings (SSSR count). The summed E-state index contributed by atoms with van der Waals surface area (Å²) in [5, 5.41) is 42.9. The molecule has 15 nitrogen and oxygen atoms in total. The number of esters is 2. The van der Waals surface area contributed by atoms with Gasteiger partial charge in [-0.15, -0.1) is 6.42 Å². The Hall–Kier alpha value is -2.88. The SMILES string of the molecule is C#CCOC(=O)C1O[C@@H](OCCO[C@@H]2C(C(=O)OCc3ccc(OC)cc3)O[C@@H](OC(C)C)[C@@H](O)[C@H]2O)[C@@H](O)[C@@H](O)[C@@H]1OC(C)C. The van der Waals surface area contributed by atoms with E-state index < -0.39 is 85.6 Å². The topological polar surface area (TPSA) is 198 Å². The van der Waals surface area contributed by atoms with E-state index in [4.69, 9.17) is 49.1 Å². The summed E-state index contributed by atoms with van der Waals surface area (Å²) in [6.07, 6.45) is -10.7. The molecule has 0 spiro atoms. The molecular weight excluding hydrogens is 612 g/mol. The first kappa shape index (κ1) is 37.6. The Kier molecular flexibility index (Phi) is 14.6. The highest BCUT2D eigenvalue weighted by Crippen LogP contribution is 2.28. The molecule has 2 heterocycles. The molecule has 0 aliphatic carbocycles. The second-order valence-corrected chi connectivity index (χ2v) is 11.1. The van der Waals surface area contributed by atoms with E-state index in [0.29, 0.717) is 11.3 Å². The van der Waals surface area contributed by atoms with Gasteiger partial charge in [0.2, 0.25) is 0 Å². The molecule has 2 saturated heterocycles. The molecule has 4 N–H and O–H groups in total. The van der Waals surface area contributed by atoms with Crippen molar-refractivity contribution in [2.24, 2.45) is 0 Å². The number of terminal acetylenes is 1. The zero-order valence-electron chi connectivity index (χ0n) is 26.4. The Morgan fingerprint density at radius 2 is 1.33 bits per heavy atom. The van der Waals surface area contributed by atoms with Crippen molar-refractivity contribution in [1.82, 2.24) is 0 Å². The molecule has 258 valence electrons. The minimum Gasteiger partial charge on any atom is -0.497 e. The number of rotatable bonds is 15. The van der Waals surface area contributed by atoms with E-state index in [1.807, 2.05) is 0 Å². The van der Waals surface area contributed by atoms with Crippen LogP contribution in [0.1, 0.15) is 33.3 Å². The second-order valence-electron chi connectivity index (χ2n) is 11.1. The van der Waals surface area contributed by atoms with E-state index in [1.54, 1.807) is 52.0 Å². The van der Waals surface area contributed by atoms with Gasteiger partial charge in [-0.1, -0.05) is 18.1 Å². The van der Waals surface area contributed by atoms with Crippen molar-refractivity contribution in [3.63, 3.8) is 0 Å². The summed E-state index contributed by atoms with van der Waals surface area (Å²) in [7, 11) is 1.53. The van der Waals surface area contributed by atoms with Crippen molar-refractivity contribution >= 4 is 11.9 Å². The number of carbonyl (C=O) groups is 2. The molecule has 2 aliphatic heterocycles. The van der Waals surface area contributed by atoms with Crippen LogP contribution in [-0.2, 0) is 54.1 Å². The molecule has 0 radical (unpaired) electrons. The maximum atomic E-state index is 13.1. The molecule has 0 saturated carbocycles. The van der Waals surface area contributed by atoms with Gasteiger partial charge in [-0.25, -0.2) is 9.59 Å². The molecular formula is C31H44O15. The van der Waals surface area contributed by atoms with E-state index in [-0.39, 0.29) is 26.4 Å². The maximum absolute atomic E-state index is 13.1. The van der Waals surface area contributed by atoms with Crippen LogP contribution in [0.2, 0.25) is 0 Å². The lowest BCUT2D eigenvalue weighted by molar-refractivity contribution is -0.316. The van der Waals surface area contributed by atoms with Crippen molar-refractivity contribution in [2.75, 3.05) is 26.9 Å². The summed E-state index contributed by atoms with van der Waals surface area (Å²) in [6.45, 7) is 5.59. The molecule has 2 aliphatic rings. The van der Waals surface area contributed by atoms with Gasteiger partial charge in [-0.3, -0.25) is 0 Å². The molecule has 2 fully saturated rings. The fourth-order valence-corrected chi connectivity index (χ4v) is 4.73. The van der Waals surface area contributed by atoms with Gasteiger partial charge in [-0.05, 0) is 45.4 Å². The van der Waals surface area contributed by atoms with Gasteiger partial charge in [-0.2, -0.15) is 0 Å². The number of methoxy groups -OCH3 is 1. The number of benzene rings is 1. The highest BCUT2D eigenvalue weighted by Gasteiger charge is 2.51. The van der Waals surface area contributed by atoms with Crippen LogP contribution in [-0.4, -0.2) is 133 Å². The van der Waals surface area contributed by atoms with Gasteiger partial charge in [0, 0.05) is 0 Å². The zero-order chi connectivity index (χ0) is 34.0. The highest BCUT2D eigenvalue weighted by atomic mass is 16.7. The second kappa shape index (κ2) is 17.9. The third-order valence-corrected chi connectivity index (χ3v) is 6.90. The molecule has 46 heavy (non-hydrogen) atoms. The smallest absolute Gasteiger partial charge is 0.339 e. The van der Waals surface area contributed by atoms with Gasteiger partial charge in [0.1, 0.15) is 49.0 Å². The van der Waals surface area contributed by atoms with Gasteiger partial charge < -0.3 is 63.1 Å². The lowest BCUT2D eigenvalue weighted by atomic mass is 9.98. The molecule has 0 bridgehead atoms. The van der Waals surface area contributed by atoms with E-state index in [1.165, 1.54) is 7.11 Å². The maximum Gasteiger partial charge on any atom is 0.339 e. The first-order valence-electron chi connectivity index (χ1n) is 14.8. The summed E-state index contributed by atoms with van der Waals surface area (Å²) < 4.78 is 49.2. The average molecular weight is 657 g/mol. The number of carbonyl (C=O) groups excluding carboxylic acids is 2. The average Bonchev–Trinajstić information content (AvgIpc) is 3.02. The molecule has 2 unspecified atom stereocenters. The number of ether oxygens (including phenoxy) is 9. The van der Waals surface area contributed by atoms with Gasteiger partial charge in [0.05, 0.1) is 32.5 Å². The lowest BCUT2D eigenvalue weighted by Crippen LogP contribution is -2.62. The van der Waals surface area contributed by atoms with E-state index in [0.717, 1.165) is 0 Å². The van der Waals surface area contributed by atoms with Crippen LogP contribution in [0.15, 0.2) is 24.3 Å². The monoisotopic (exact) mass is 656 g/mol. The van der Waals surface area contributed by atoms with Gasteiger partial charge >= 0.3 is 11.9 Å². The van der Waals surface area contributed by atoms with Crippen LogP contribution >= 0.6 is 0 Å². The quantitative estimate of drug-likeness (QED) is 0.106. The zero-order valence-corrected chi connectivity index (χ0v) is 26.4. The molecule has 10 atom stereocenters. The first-order valence-corrected chi connectivity index (χ1v) is 14.8. The van der Waals surface area contributed by atoms with E-state index in [9.17, 15) is 30.0 Å². The number of hydrogen-bond acceptors (Lipinski definition) is 15. The number of aliphatic hydroxyl groups is 4. The molecule has 0 amide bonds. The predicted octanol–water partition coefficient (Wildman–Crippen LogP) is -0.571. The van der Waals surface area contributed by atoms with Crippen LogP contribution < -0.4 is 4.74 Å². The van der Waals surface area contributed by atoms with Gasteiger partial charge in [0.25, 0.3) is 0 Å².